The Morgan fingerprint density at radius 2 is 1.37 bits per heavy atom. The zero-order valence-electron chi connectivity index (χ0n) is 15.6. The van der Waals surface area contributed by atoms with Crippen LogP contribution in [-0.4, -0.2) is 87.1 Å². The molecule has 0 fully saturated rings. The van der Waals surface area contributed by atoms with E-state index in [4.69, 9.17) is 34.0 Å². The Morgan fingerprint density at radius 3 is 1.81 bits per heavy atom. The molecule has 0 aromatic rings. The molecule has 158 valence electrons. The molecule has 0 aliphatic rings. The van der Waals surface area contributed by atoms with Gasteiger partial charge in [-0.3, -0.25) is 14.5 Å². The third-order valence-corrected chi connectivity index (χ3v) is 2.99. The normalized spacial score (nSPS) is 13.1. The van der Waals surface area contributed by atoms with Gasteiger partial charge in [0.25, 0.3) is 0 Å². The molecule has 0 rings (SSSR count). The van der Waals surface area contributed by atoms with E-state index in [1.807, 2.05) is 0 Å². The Balaban J connectivity index is 4.30. The minimum Gasteiger partial charge on any atom is -0.481 e. The lowest BCUT2D eigenvalue weighted by Crippen LogP contribution is -2.31. The second-order valence-electron chi connectivity index (χ2n) is 5.36. The van der Waals surface area contributed by atoms with Gasteiger partial charge in [0, 0.05) is 13.5 Å². The van der Waals surface area contributed by atoms with Crippen molar-refractivity contribution in [1.82, 2.24) is 0 Å². The molecule has 11 nitrogen and oxygen atoms in total. The summed E-state index contributed by atoms with van der Waals surface area (Å²) >= 11 is 0. The average Bonchev–Trinajstić information content (AvgIpc) is 2.60. The summed E-state index contributed by atoms with van der Waals surface area (Å²) in [5.41, 5.74) is 0. The number of hydrogen-bond donors (Lipinski definition) is 2. The van der Waals surface area contributed by atoms with Crippen LogP contribution in [-0.2, 0) is 43.1 Å². The Morgan fingerprint density at radius 1 is 0.852 bits per heavy atom. The molecule has 11 heteroatoms. The summed E-state index contributed by atoms with van der Waals surface area (Å²) in [5, 5.41) is 17.3. The molecule has 0 spiro atoms. The molecule has 0 saturated carbocycles. The summed E-state index contributed by atoms with van der Waals surface area (Å²) in [6.07, 6.45) is -1.34. The maximum Gasteiger partial charge on any atom is 0.342 e. The van der Waals surface area contributed by atoms with Gasteiger partial charge < -0.3 is 29.2 Å². The molecular formula is C16H28O11. The first-order valence-electron chi connectivity index (χ1n) is 8.44. The summed E-state index contributed by atoms with van der Waals surface area (Å²) in [6.45, 7) is 1.74. The van der Waals surface area contributed by atoms with Crippen LogP contribution in [0.25, 0.3) is 0 Å². The third kappa shape index (κ3) is 16.1. The second-order valence-corrected chi connectivity index (χ2v) is 5.36. The molecule has 0 aliphatic heterocycles. The highest BCUT2D eigenvalue weighted by Crippen LogP contribution is 2.02. The van der Waals surface area contributed by atoms with Crippen LogP contribution in [0.15, 0.2) is 0 Å². The van der Waals surface area contributed by atoms with E-state index in [-0.39, 0.29) is 58.9 Å². The van der Waals surface area contributed by atoms with E-state index < -0.39 is 30.1 Å². The molecular weight excluding hydrogens is 368 g/mol. The quantitative estimate of drug-likeness (QED) is 0.243. The fourth-order valence-corrected chi connectivity index (χ4v) is 1.67. The number of methoxy groups -OCH3 is 1. The van der Waals surface area contributed by atoms with E-state index in [9.17, 15) is 14.4 Å². The van der Waals surface area contributed by atoms with E-state index >= 15 is 0 Å². The van der Waals surface area contributed by atoms with E-state index in [2.05, 4.69) is 4.89 Å². The second kappa shape index (κ2) is 16.4. The van der Waals surface area contributed by atoms with Crippen molar-refractivity contribution in [2.45, 2.75) is 38.4 Å². The van der Waals surface area contributed by atoms with E-state index in [0.717, 1.165) is 0 Å². The Labute approximate surface area is 157 Å². The van der Waals surface area contributed by atoms with Gasteiger partial charge >= 0.3 is 17.9 Å². The lowest BCUT2D eigenvalue weighted by molar-refractivity contribution is -0.286. The number of carboxylic acids is 2. The zero-order valence-corrected chi connectivity index (χ0v) is 15.6. The summed E-state index contributed by atoms with van der Waals surface area (Å²) in [7, 11) is 1.47. The number of carboxylic acid groups (broad SMARTS) is 2. The van der Waals surface area contributed by atoms with Crippen LogP contribution in [0.1, 0.15) is 26.2 Å². The van der Waals surface area contributed by atoms with Crippen molar-refractivity contribution < 1.29 is 53.3 Å². The molecule has 2 unspecified atom stereocenters. The molecule has 0 radical (unpaired) electrons. The Bertz CT molecular complexity index is 427. The first kappa shape index (κ1) is 25.2. The largest absolute Gasteiger partial charge is 0.481 e. The molecule has 2 atom stereocenters. The van der Waals surface area contributed by atoms with Gasteiger partial charge in [-0.15, -0.1) is 0 Å². The summed E-state index contributed by atoms with van der Waals surface area (Å²) in [4.78, 5) is 41.4. The first-order chi connectivity index (χ1) is 12.9. The molecule has 2 N–H and O–H groups in total. The number of aliphatic carboxylic acids is 2. The number of ether oxygens (including phenoxy) is 4. The lowest BCUT2D eigenvalue weighted by atomic mass is 10.3. The highest BCUT2D eigenvalue weighted by molar-refractivity contribution is 5.68. The van der Waals surface area contributed by atoms with Crippen LogP contribution < -0.4 is 0 Å². The Hall–Kier alpha value is -1.79. The van der Waals surface area contributed by atoms with Gasteiger partial charge in [0.1, 0.15) is 18.8 Å². The topological polar surface area (TPSA) is 147 Å². The SMILES string of the molecule is CCC(=O)OOCC(COCC(COC)OCCC(=O)O)OCCC(=O)O. The number of rotatable bonds is 18. The average molecular weight is 396 g/mol. The van der Waals surface area contributed by atoms with Gasteiger partial charge in [-0.25, -0.2) is 4.79 Å². The smallest absolute Gasteiger partial charge is 0.342 e. The Kier molecular flexibility index (Phi) is 15.3. The van der Waals surface area contributed by atoms with Crippen LogP contribution in [0.4, 0.5) is 0 Å². The van der Waals surface area contributed by atoms with Crippen LogP contribution in [0.2, 0.25) is 0 Å². The lowest BCUT2D eigenvalue weighted by Gasteiger charge is -2.20. The molecule has 0 aromatic heterocycles. The van der Waals surface area contributed by atoms with Crippen molar-refractivity contribution in [2.75, 3.05) is 46.8 Å². The molecule has 27 heavy (non-hydrogen) atoms. The standard InChI is InChI=1S/C16H28O11/c1-3-16(21)27-26-11-13(25-7-5-15(19)20)10-23-9-12(8-22-2)24-6-4-14(17)18/h12-13H,3-11H2,1-2H3,(H,17,18)(H,19,20). The monoisotopic (exact) mass is 396 g/mol. The molecule has 0 bridgehead atoms. The predicted molar refractivity (Wildman–Crippen MR) is 89.0 cm³/mol. The summed E-state index contributed by atoms with van der Waals surface area (Å²) in [5.74, 6) is -2.54. The number of carbonyl (C=O) groups excluding carboxylic acids is 1. The van der Waals surface area contributed by atoms with Crippen molar-refractivity contribution in [3.63, 3.8) is 0 Å². The van der Waals surface area contributed by atoms with Gasteiger partial charge in [0.2, 0.25) is 0 Å². The fourth-order valence-electron chi connectivity index (χ4n) is 1.67. The van der Waals surface area contributed by atoms with Crippen molar-refractivity contribution in [3.05, 3.63) is 0 Å². The van der Waals surface area contributed by atoms with E-state index in [1.165, 1.54) is 7.11 Å². The predicted octanol–water partition coefficient (Wildman–Crippen LogP) is 0.254. The molecule has 0 aromatic carbocycles. The first-order valence-corrected chi connectivity index (χ1v) is 8.44. The van der Waals surface area contributed by atoms with Gasteiger partial charge in [0.05, 0.1) is 45.9 Å². The van der Waals surface area contributed by atoms with Crippen LogP contribution >= 0.6 is 0 Å². The molecule has 0 saturated heterocycles. The van der Waals surface area contributed by atoms with Crippen LogP contribution in [0, 0.1) is 0 Å². The molecule has 0 amide bonds. The van der Waals surface area contributed by atoms with Crippen molar-refractivity contribution in [1.29, 1.82) is 0 Å². The zero-order chi connectivity index (χ0) is 20.5. The maximum absolute atomic E-state index is 11.1. The van der Waals surface area contributed by atoms with E-state index in [0.29, 0.717) is 0 Å². The van der Waals surface area contributed by atoms with Crippen molar-refractivity contribution in [2.24, 2.45) is 0 Å². The highest BCUT2D eigenvalue weighted by Gasteiger charge is 2.16. The van der Waals surface area contributed by atoms with Gasteiger partial charge in [-0.2, -0.15) is 4.89 Å². The molecule has 0 aliphatic carbocycles. The third-order valence-electron chi connectivity index (χ3n) is 2.99. The number of carbonyl (C=O) groups is 3. The van der Waals surface area contributed by atoms with Crippen LogP contribution in [0.5, 0.6) is 0 Å². The summed E-state index contributed by atoms with van der Waals surface area (Å²) in [6, 6.07) is 0. The van der Waals surface area contributed by atoms with Gasteiger partial charge in [-0.05, 0) is 0 Å². The number of hydrogen-bond acceptors (Lipinski definition) is 9. The van der Waals surface area contributed by atoms with Gasteiger partial charge in [0.15, 0.2) is 0 Å². The maximum atomic E-state index is 11.1. The van der Waals surface area contributed by atoms with Crippen molar-refractivity contribution >= 4 is 17.9 Å². The van der Waals surface area contributed by atoms with Crippen molar-refractivity contribution in [3.8, 4) is 0 Å². The highest BCUT2D eigenvalue weighted by atomic mass is 17.2. The minimum atomic E-state index is -1.01. The van der Waals surface area contributed by atoms with Gasteiger partial charge in [-0.1, -0.05) is 6.92 Å². The van der Waals surface area contributed by atoms with Crippen LogP contribution in [0.3, 0.4) is 0 Å². The fraction of sp³-hybridized carbons (Fsp3) is 0.812. The molecule has 0 heterocycles. The van der Waals surface area contributed by atoms with E-state index in [1.54, 1.807) is 6.92 Å². The summed E-state index contributed by atoms with van der Waals surface area (Å²) < 4.78 is 21.2. The minimum absolute atomic E-state index is 0.0152.